The molecule has 0 aromatic carbocycles. The van der Waals surface area contributed by atoms with Crippen molar-refractivity contribution in [1.29, 1.82) is 5.26 Å². The molecule has 9 heteroatoms. The van der Waals surface area contributed by atoms with E-state index in [1.807, 2.05) is 21.7 Å². The van der Waals surface area contributed by atoms with Gasteiger partial charge in [0.1, 0.15) is 27.2 Å². The molecule has 0 bridgehead atoms. The van der Waals surface area contributed by atoms with E-state index in [0.717, 1.165) is 25.2 Å². The molecule has 3 aromatic heterocycles. The topological polar surface area (TPSA) is 112 Å². The van der Waals surface area contributed by atoms with E-state index < -0.39 is 0 Å². The molecule has 0 radical (unpaired) electrons. The van der Waals surface area contributed by atoms with Gasteiger partial charge in [-0.2, -0.15) is 16.6 Å². The van der Waals surface area contributed by atoms with E-state index >= 15 is 0 Å². The average molecular weight is 413 g/mol. The SMILES string of the molecule is CCN1CCN(C(=O)c2sc3nc(N)c(C#N)c(-c4ccsc4)c3c2N)CC1. The van der Waals surface area contributed by atoms with E-state index in [1.165, 1.54) is 22.7 Å². The van der Waals surface area contributed by atoms with Gasteiger partial charge in [0, 0.05) is 37.1 Å². The molecule has 0 unspecified atom stereocenters. The van der Waals surface area contributed by atoms with Crippen LogP contribution in [0.1, 0.15) is 22.2 Å². The van der Waals surface area contributed by atoms with Gasteiger partial charge in [-0.25, -0.2) is 4.98 Å². The smallest absolute Gasteiger partial charge is 0.266 e. The molecule has 4 rings (SSSR count). The maximum atomic E-state index is 13.1. The highest BCUT2D eigenvalue weighted by molar-refractivity contribution is 7.21. The molecule has 1 saturated heterocycles. The lowest BCUT2D eigenvalue weighted by Crippen LogP contribution is -2.48. The minimum atomic E-state index is -0.0791. The molecule has 7 nitrogen and oxygen atoms in total. The third kappa shape index (κ3) is 2.99. The number of hydrogen-bond acceptors (Lipinski definition) is 8. The van der Waals surface area contributed by atoms with Gasteiger partial charge in [0.05, 0.1) is 5.69 Å². The number of nitrogens with zero attached hydrogens (tertiary/aromatic N) is 4. The number of carbonyl (C=O) groups is 1. The number of thiophene rings is 2. The summed E-state index contributed by atoms with van der Waals surface area (Å²) in [6.45, 7) is 6.18. The number of aromatic nitrogens is 1. The largest absolute Gasteiger partial charge is 0.397 e. The summed E-state index contributed by atoms with van der Waals surface area (Å²) in [5.74, 6) is 0.0811. The summed E-state index contributed by atoms with van der Waals surface area (Å²) in [5, 5.41) is 14.1. The van der Waals surface area contributed by atoms with Crippen molar-refractivity contribution in [3.8, 4) is 17.2 Å². The van der Waals surface area contributed by atoms with E-state index in [2.05, 4.69) is 22.9 Å². The quantitative estimate of drug-likeness (QED) is 0.684. The number of nitriles is 1. The van der Waals surface area contributed by atoms with Crippen molar-refractivity contribution in [2.45, 2.75) is 6.92 Å². The van der Waals surface area contributed by atoms with Crippen LogP contribution in [0.4, 0.5) is 11.5 Å². The molecule has 1 amide bonds. The Kier molecular flexibility index (Phi) is 4.93. The highest BCUT2D eigenvalue weighted by Crippen LogP contribution is 2.43. The molecular formula is C19H20N6OS2. The van der Waals surface area contributed by atoms with Gasteiger partial charge in [0.15, 0.2) is 0 Å². The third-order valence-corrected chi connectivity index (χ3v) is 6.90. The maximum Gasteiger partial charge on any atom is 0.266 e. The summed E-state index contributed by atoms with van der Waals surface area (Å²) in [7, 11) is 0. The lowest BCUT2D eigenvalue weighted by molar-refractivity contribution is 0.0649. The van der Waals surface area contributed by atoms with Gasteiger partial charge in [-0.15, -0.1) is 11.3 Å². The second-order valence-electron chi connectivity index (χ2n) is 6.62. The zero-order valence-corrected chi connectivity index (χ0v) is 17.1. The Hall–Kier alpha value is -2.67. The van der Waals surface area contributed by atoms with E-state index in [9.17, 15) is 10.1 Å². The third-order valence-electron chi connectivity index (χ3n) is 5.13. The Morgan fingerprint density at radius 2 is 2.07 bits per heavy atom. The zero-order valence-electron chi connectivity index (χ0n) is 15.4. The van der Waals surface area contributed by atoms with E-state index in [0.29, 0.717) is 45.0 Å². The van der Waals surface area contributed by atoms with Crippen molar-refractivity contribution < 1.29 is 4.79 Å². The summed E-state index contributed by atoms with van der Waals surface area (Å²) >= 11 is 2.77. The first kappa shape index (κ1) is 18.7. The first-order chi connectivity index (χ1) is 13.5. The van der Waals surface area contributed by atoms with E-state index in [4.69, 9.17) is 11.5 Å². The number of fused-ring (bicyclic) bond motifs is 1. The Labute approximate surface area is 170 Å². The van der Waals surface area contributed by atoms with Gasteiger partial charge >= 0.3 is 0 Å². The van der Waals surface area contributed by atoms with Crippen LogP contribution in [-0.4, -0.2) is 53.4 Å². The number of anilines is 2. The lowest BCUT2D eigenvalue weighted by Gasteiger charge is -2.33. The van der Waals surface area contributed by atoms with Crippen LogP contribution in [0.5, 0.6) is 0 Å². The molecule has 4 N–H and O–H groups in total. The van der Waals surface area contributed by atoms with Crippen molar-refractivity contribution in [3.05, 3.63) is 27.3 Å². The fraction of sp³-hybridized carbons (Fsp3) is 0.316. The number of amides is 1. The Morgan fingerprint density at radius 3 is 2.68 bits per heavy atom. The van der Waals surface area contributed by atoms with Gasteiger partial charge < -0.3 is 21.3 Å². The van der Waals surface area contributed by atoms with Crippen LogP contribution in [-0.2, 0) is 0 Å². The average Bonchev–Trinajstić information content (AvgIpc) is 3.35. The van der Waals surface area contributed by atoms with Crippen molar-refractivity contribution in [2.75, 3.05) is 44.2 Å². The van der Waals surface area contributed by atoms with Crippen LogP contribution in [0.25, 0.3) is 21.3 Å². The normalized spacial score (nSPS) is 15.1. The van der Waals surface area contributed by atoms with Crippen LogP contribution < -0.4 is 11.5 Å². The number of pyridine rings is 1. The molecule has 0 saturated carbocycles. The van der Waals surface area contributed by atoms with Crippen LogP contribution in [0.2, 0.25) is 0 Å². The summed E-state index contributed by atoms with van der Waals surface area (Å²) in [6.07, 6.45) is 0. The van der Waals surface area contributed by atoms with Crippen LogP contribution in [0.15, 0.2) is 16.8 Å². The van der Waals surface area contributed by atoms with E-state index in [-0.39, 0.29) is 11.7 Å². The highest BCUT2D eigenvalue weighted by Gasteiger charge is 2.28. The molecule has 0 atom stereocenters. The fourth-order valence-electron chi connectivity index (χ4n) is 3.55. The number of piperazine rings is 1. The first-order valence-electron chi connectivity index (χ1n) is 9.00. The predicted octanol–water partition coefficient (Wildman–Crippen LogP) is 2.84. The van der Waals surface area contributed by atoms with Crippen molar-refractivity contribution in [3.63, 3.8) is 0 Å². The first-order valence-corrected chi connectivity index (χ1v) is 10.8. The standard InChI is InChI=1S/C19H20N6OS2/c1-2-24-4-6-25(7-5-24)19(26)16-15(21)14-13(11-3-8-27-10-11)12(9-20)17(22)23-18(14)28-16/h3,8,10H,2,4-7,21H2,1H3,(H2,22,23). The van der Waals surface area contributed by atoms with Crippen molar-refractivity contribution in [2.24, 2.45) is 0 Å². The zero-order chi connectivity index (χ0) is 19.8. The second-order valence-corrected chi connectivity index (χ2v) is 8.40. The number of rotatable bonds is 3. The molecule has 0 spiro atoms. The van der Waals surface area contributed by atoms with Gasteiger partial charge in [-0.1, -0.05) is 6.92 Å². The lowest BCUT2D eigenvalue weighted by atomic mass is 9.99. The number of nitrogens with two attached hydrogens (primary N) is 2. The Bertz CT molecular complexity index is 1070. The van der Waals surface area contributed by atoms with E-state index in [1.54, 1.807) is 0 Å². The van der Waals surface area contributed by atoms with Crippen LogP contribution in [0.3, 0.4) is 0 Å². The molecule has 3 aromatic rings. The minimum absolute atomic E-state index is 0.0791. The summed E-state index contributed by atoms with van der Waals surface area (Å²) < 4.78 is 0. The summed E-state index contributed by atoms with van der Waals surface area (Å²) in [4.78, 5) is 22.7. The van der Waals surface area contributed by atoms with Gasteiger partial charge in [-0.3, -0.25) is 4.79 Å². The summed E-state index contributed by atoms with van der Waals surface area (Å²) in [6, 6.07) is 4.07. The highest BCUT2D eigenvalue weighted by atomic mass is 32.1. The molecule has 4 heterocycles. The molecule has 1 aliphatic rings. The van der Waals surface area contributed by atoms with Crippen molar-refractivity contribution >= 4 is 50.3 Å². The number of hydrogen-bond donors (Lipinski definition) is 2. The van der Waals surface area contributed by atoms with Gasteiger partial charge in [0.25, 0.3) is 5.91 Å². The molecule has 144 valence electrons. The van der Waals surface area contributed by atoms with Crippen LogP contribution in [0, 0.1) is 11.3 Å². The number of likely N-dealkylation sites (N-methyl/N-ethyl adjacent to an activating group) is 1. The number of carbonyl (C=O) groups excluding carboxylic acids is 1. The van der Waals surface area contributed by atoms with Crippen LogP contribution >= 0.6 is 22.7 Å². The maximum absolute atomic E-state index is 13.1. The molecule has 28 heavy (non-hydrogen) atoms. The van der Waals surface area contributed by atoms with Gasteiger partial charge in [0.2, 0.25) is 0 Å². The molecule has 1 fully saturated rings. The van der Waals surface area contributed by atoms with Gasteiger partial charge in [-0.05, 0) is 28.9 Å². The Balaban J connectivity index is 1.82. The number of nitrogen functional groups attached to an aromatic ring is 2. The summed E-state index contributed by atoms with van der Waals surface area (Å²) in [5.41, 5.74) is 14.7. The van der Waals surface area contributed by atoms with Crippen molar-refractivity contribution in [1.82, 2.24) is 14.8 Å². The monoisotopic (exact) mass is 412 g/mol. The fourth-order valence-corrected chi connectivity index (χ4v) is 5.27. The second kappa shape index (κ2) is 7.39. The molecule has 0 aliphatic carbocycles. The minimum Gasteiger partial charge on any atom is -0.397 e. The molecular weight excluding hydrogens is 392 g/mol. The predicted molar refractivity (Wildman–Crippen MR) is 114 cm³/mol. The Morgan fingerprint density at radius 1 is 1.32 bits per heavy atom. The molecule has 1 aliphatic heterocycles.